The van der Waals surface area contributed by atoms with Gasteiger partial charge in [0.05, 0.1) is 29.6 Å². The first-order chi connectivity index (χ1) is 14.8. The Bertz CT molecular complexity index is 1350. The molecule has 4 nitrogen and oxygen atoms in total. The van der Waals surface area contributed by atoms with Gasteiger partial charge in [-0.2, -0.15) is 5.26 Å². The van der Waals surface area contributed by atoms with E-state index in [1.165, 1.54) is 0 Å². The van der Waals surface area contributed by atoms with Crippen LogP contribution >= 0.6 is 0 Å². The second-order valence-electron chi connectivity index (χ2n) is 6.89. The van der Waals surface area contributed by atoms with Crippen LogP contribution in [0.2, 0.25) is 0 Å². The molecule has 0 spiro atoms. The highest BCUT2D eigenvalue weighted by Crippen LogP contribution is 2.42. The summed E-state index contributed by atoms with van der Waals surface area (Å²) in [6.07, 6.45) is 3.35. The molecule has 138 valence electrons. The Labute approximate surface area is 173 Å². The molecule has 0 aliphatic rings. The molecule has 0 aliphatic heterocycles. The lowest BCUT2D eigenvalue weighted by Gasteiger charge is -2.16. The van der Waals surface area contributed by atoms with Crippen LogP contribution in [0, 0.1) is 17.9 Å². The Morgan fingerprint density at radius 1 is 0.700 bits per heavy atom. The molecule has 2 aromatic heterocycles. The maximum Gasteiger partial charge on any atom is 0.190 e. The molecule has 5 rings (SSSR count). The molecule has 0 amide bonds. The predicted octanol–water partition coefficient (Wildman–Crippen LogP) is 6.54. The highest BCUT2D eigenvalue weighted by atomic mass is 14.7. The zero-order valence-corrected chi connectivity index (χ0v) is 15.9. The van der Waals surface area contributed by atoms with Crippen LogP contribution in [0.15, 0.2) is 85.2 Å². The summed E-state index contributed by atoms with van der Waals surface area (Å²) in [7, 11) is 0. The van der Waals surface area contributed by atoms with Crippen LogP contribution in [0.3, 0.4) is 0 Å². The van der Waals surface area contributed by atoms with Crippen LogP contribution in [0.4, 0.5) is 5.69 Å². The number of pyridine rings is 2. The summed E-state index contributed by atoms with van der Waals surface area (Å²) in [6.45, 7) is 7.38. The minimum Gasteiger partial charge on any atom is -0.259 e. The Kier molecular flexibility index (Phi) is 4.17. The number of aromatic nitrogens is 2. The first-order valence-corrected chi connectivity index (χ1v) is 9.44. The van der Waals surface area contributed by atoms with Crippen molar-refractivity contribution < 1.29 is 0 Å². The second kappa shape index (κ2) is 7.13. The van der Waals surface area contributed by atoms with Gasteiger partial charge in [0.15, 0.2) is 5.69 Å². The Morgan fingerprint density at radius 3 is 1.70 bits per heavy atom. The van der Waals surface area contributed by atoms with Gasteiger partial charge < -0.3 is 0 Å². The van der Waals surface area contributed by atoms with E-state index in [1.54, 1.807) is 24.5 Å². The van der Waals surface area contributed by atoms with Gasteiger partial charge in [-0.1, -0.05) is 48.5 Å². The third-order valence-electron chi connectivity index (χ3n) is 5.21. The smallest absolute Gasteiger partial charge is 0.190 e. The van der Waals surface area contributed by atoms with E-state index in [0.717, 1.165) is 44.1 Å². The quantitative estimate of drug-likeness (QED) is 0.257. The van der Waals surface area contributed by atoms with Crippen molar-refractivity contribution in [2.45, 2.75) is 0 Å². The summed E-state index contributed by atoms with van der Waals surface area (Å²) in [5.41, 5.74) is 4.64. The van der Waals surface area contributed by atoms with Crippen molar-refractivity contribution in [3.05, 3.63) is 102 Å². The molecule has 2 heterocycles. The normalized spacial score (nSPS) is 10.6. The molecule has 3 aromatic carbocycles. The Balaban J connectivity index is 1.97. The molecule has 0 fully saturated rings. The SMILES string of the molecule is [C-]#[N+]c1ccnc(-c2c3ccccc3c(-c3cc(C#N)ccn3)c3ccccc23)c1. The zero-order chi connectivity index (χ0) is 20.5. The topological polar surface area (TPSA) is 53.9 Å². The summed E-state index contributed by atoms with van der Waals surface area (Å²) in [4.78, 5) is 12.7. The van der Waals surface area contributed by atoms with Gasteiger partial charge in [0.25, 0.3) is 0 Å². The lowest BCUT2D eigenvalue weighted by Crippen LogP contribution is -1.93. The van der Waals surface area contributed by atoms with Crippen molar-refractivity contribution in [1.82, 2.24) is 9.97 Å². The molecule has 4 heteroatoms. The van der Waals surface area contributed by atoms with E-state index >= 15 is 0 Å². The fraction of sp³-hybridized carbons (Fsp3) is 0. The van der Waals surface area contributed by atoms with E-state index in [2.05, 4.69) is 45.1 Å². The van der Waals surface area contributed by atoms with Gasteiger partial charge in [0.2, 0.25) is 0 Å². The van der Waals surface area contributed by atoms with Gasteiger partial charge in [-0.15, -0.1) is 0 Å². The molecule has 0 aliphatic carbocycles. The van der Waals surface area contributed by atoms with E-state index < -0.39 is 0 Å². The molecular formula is C26H14N4. The van der Waals surface area contributed by atoms with E-state index in [0.29, 0.717) is 11.3 Å². The number of nitriles is 1. The zero-order valence-electron chi connectivity index (χ0n) is 15.9. The van der Waals surface area contributed by atoms with Crippen molar-refractivity contribution in [2.24, 2.45) is 0 Å². The fourth-order valence-electron chi connectivity index (χ4n) is 3.94. The van der Waals surface area contributed by atoms with Crippen molar-refractivity contribution in [3.63, 3.8) is 0 Å². The minimum absolute atomic E-state index is 0.556. The summed E-state index contributed by atoms with van der Waals surface area (Å²) in [5, 5.41) is 13.5. The third-order valence-corrected chi connectivity index (χ3v) is 5.21. The van der Waals surface area contributed by atoms with Crippen LogP contribution in [-0.2, 0) is 0 Å². The van der Waals surface area contributed by atoms with E-state index in [-0.39, 0.29) is 0 Å². The predicted molar refractivity (Wildman–Crippen MR) is 119 cm³/mol. The standard InChI is InChI=1S/C26H14N4/c1-28-18-11-13-30-24(15-18)26-21-8-4-2-6-19(21)25(20-7-3-5-9-22(20)26)23-14-17(16-27)10-12-29-23/h2-15H. The first-order valence-electron chi connectivity index (χ1n) is 9.44. The average molecular weight is 382 g/mol. The van der Waals surface area contributed by atoms with E-state index in [4.69, 9.17) is 6.57 Å². The molecule has 0 saturated carbocycles. The van der Waals surface area contributed by atoms with Gasteiger partial charge in [-0.25, -0.2) is 4.85 Å². The fourth-order valence-corrected chi connectivity index (χ4v) is 3.94. The number of benzene rings is 3. The number of nitrogens with zero attached hydrogens (tertiary/aromatic N) is 4. The van der Waals surface area contributed by atoms with Crippen molar-refractivity contribution in [1.29, 1.82) is 5.26 Å². The summed E-state index contributed by atoms with van der Waals surface area (Å²) < 4.78 is 0. The molecule has 0 unspecified atom stereocenters. The lowest BCUT2D eigenvalue weighted by molar-refractivity contribution is 1.32. The number of hydrogen-bond acceptors (Lipinski definition) is 3. The van der Waals surface area contributed by atoms with E-state index in [9.17, 15) is 5.26 Å². The molecule has 0 radical (unpaired) electrons. The monoisotopic (exact) mass is 382 g/mol. The lowest BCUT2D eigenvalue weighted by atomic mass is 9.88. The summed E-state index contributed by atoms with van der Waals surface area (Å²) in [5.74, 6) is 0. The second-order valence-corrected chi connectivity index (χ2v) is 6.89. The van der Waals surface area contributed by atoms with Crippen LogP contribution < -0.4 is 0 Å². The highest BCUT2D eigenvalue weighted by molar-refractivity contribution is 6.20. The van der Waals surface area contributed by atoms with Gasteiger partial charge >= 0.3 is 0 Å². The van der Waals surface area contributed by atoms with Crippen LogP contribution in [-0.4, -0.2) is 9.97 Å². The molecule has 5 aromatic rings. The molecule has 0 atom stereocenters. The van der Waals surface area contributed by atoms with Gasteiger partial charge in [-0.3, -0.25) is 9.97 Å². The summed E-state index contributed by atoms with van der Waals surface area (Å²) >= 11 is 0. The third kappa shape index (κ3) is 2.76. The van der Waals surface area contributed by atoms with Gasteiger partial charge in [0.1, 0.15) is 0 Å². The number of hydrogen-bond donors (Lipinski definition) is 0. The molecule has 0 bridgehead atoms. The maximum absolute atomic E-state index is 9.37. The first kappa shape index (κ1) is 17.6. The Hall–Kier alpha value is -4.54. The van der Waals surface area contributed by atoms with Crippen LogP contribution in [0.25, 0.3) is 48.9 Å². The Morgan fingerprint density at radius 2 is 1.20 bits per heavy atom. The van der Waals surface area contributed by atoms with Gasteiger partial charge in [0, 0.05) is 23.5 Å². The van der Waals surface area contributed by atoms with Crippen molar-refractivity contribution >= 4 is 27.2 Å². The maximum atomic E-state index is 9.37. The average Bonchev–Trinajstić information content (AvgIpc) is 2.82. The minimum atomic E-state index is 0.556. The molecule has 30 heavy (non-hydrogen) atoms. The van der Waals surface area contributed by atoms with Gasteiger partial charge in [-0.05, 0) is 45.8 Å². The largest absolute Gasteiger partial charge is 0.259 e. The number of rotatable bonds is 2. The molecule has 0 N–H and O–H groups in total. The summed E-state index contributed by atoms with van der Waals surface area (Å²) in [6, 6.07) is 25.6. The number of fused-ring (bicyclic) bond motifs is 2. The van der Waals surface area contributed by atoms with Crippen LogP contribution in [0.1, 0.15) is 5.56 Å². The van der Waals surface area contributed by atoms with Crippen molar-refractivity contribution in [3.8, 4) is 28.6 Å². The molecular weight excluding hydrogens is 368 g/mol. The van der Waals surface area contributed by atoms with E-state index in [1.807, 2.05) is 36.4 Å². The highest BCUT2D eigenvalue weighted by Gasteiger charge is 2.18. The van der Waals surface area contributed by atoms with Crippen molar-refractivity contribution in [2.75, 3.05) is 0 Å². The molecule has 0 saturated heterocycles. The van der Waals surface area contributed by atoms with Crippen LogP contribution in [0.5, 0.6) is 0 Å².